The molecule has 0 fully saturated rings. The molecule has 4 nitrogen and oxygen atoms in total. The maximum absolute atomic E-state index is 12.6. The Labute approximate surface area is 160 Å². The second-order valence-corrected chi connectivity index (χ2v) is 6.59. The predicted octanol–water partition coefficient (Wildman–Crippen LogP) is 5.11. The molecule has 0 saturated carbocycles. The van der Waals surface area contributed by atoms with Crippen molar-refractivity contribution in [1.82, 2.24) is 4.90 Å². The highest BCUT2D eigenvalue weighted by atomic mass is 16.5. The molecule has 1 aromatic heterocycles. The van der Waals surface area contributed by atoms with Gasteiger partial charge in [-0.05, 0) is 36.8 Å². The van der Waals surface area contributed by atoms with E-state index in [-0.39, 0.29) is 11.9 Å². The molecule has 0 saturated heterocycles. The number of benzene rings is 2. The van der Waals surface area contributed by atoms with Crippen molar-refractivity contribution < 1.29 is 13.9 Å². The van der Waals surface area contributed by atoms with Gasteiger partial charge in [-0.3, -0.25) is 4.79 Å². The first-order valence-electron chi connectivity index (χ1n) is 9.12. The molecule has 0 aliphatic carbocycles. The van der Waals surface area contributed by atoms with Crippen LogP contribution in [0, 0.1) is 0 Å². The third-order valence-corrected chi connectivity index (χ3v) is 4.88. The number of ether oxygens (including phenoxy) is 1. The molecule has 1 amide bonds. The van der Waals surface area contributed by atoms with Crippen molar-refractivity contribution in [3.8, 4) is 17.1 Å². The molecule has 0 N–H and O–H groups in total. The van der Waals surface area contributed by atoms with Crippen molar-refractivity contribution in [2.24, 2.45) is 0 Å². The van der Waals surface area contributed by atoms with Gasteiger partial charge < -0.3 is 14.1 Å². The van der Waals surface area contributed by atoms with Crippen molar-refractivity contribution in [2.75, 3.05) is 14.2 Å². The molecule has 0 radical (unpaired) electrons. The van der Waals surface area contributed by atoms with E-state index in [9.17, 15) is 4.79 Å². The number of carbonyl (C=O) groups is 1. The largest absolute Gasteiger partial charge is 0.497 e. The van der Waals surface area contributed by atoms with Gasteiger partial charge in [0.25, 0.3) is 0 Å². The summed E-state index contributed by atoms with van der Waals surface area (Å²) in [4.78, 5) is 14.4. The lowest BCUT2D eigenvalue weighted by molar-refractivity contribution is -0.131. The van der Waals surface area contributed by atoms with Crippen LogP contribution < -0.4 is 4.74 Å². The molecule has 1 unspecified atom stereocenters. The van der Waals surface area contributed by atoms with E-state index in [0.717, 1.165) is 28.4 Å². The van der Waals surface area contributed by atoms with Gasteiger partial charge >= 0.3 is 0 Å². The Morgan fingerprint density at radius 1 is 1.04 bits per heavy atom. The Morgan fingerprint density at radius 2 is 1.74 bits per heavy atom. The summed E-state index contributed by atoms with van der Waals surface area (Å²) in [6.45, 7) is 2.03. The number of hydrogen-bond donors (Lipinski definition) is 0. The lowest BCUT2D eigenvalue weighted by Crippen LogP contribution is -2.29. The standard InChI is InChI=1S/C23H25NO3/c1-17(18-9-11-20(26-3)12-10-18)24(2)23(25)16-14-21-13-15-22(27-21)19-7-5-4-6-8-19/h4-13,15,17H,14,16H2,1-3H3. The quantitative estimate of drug-likeness (QED) is 0.586. The number of carbonyl (C=O) groups excluding carboxylic acids is 1. The number of methoxy groups -OCH3 is 1. The van der Waals surface area contributed by atoms with Gasteiger partial charge in [-0.1, -0.05) is 42.5 Å². The van der Waals surface area contributed by atoms with Crippen LogP contribution in [-0.4, -0.2) is 25.0 Å². The van der Waals surface area contributed by atoms with E-state index in [0.29, 0.717) is 12.8 Å². The van der Waals surface area contributed by atoms with Crippen molar-refractivity contribution in [1.29, 1.82) is 0 Å². The van der Waals surface area contributed by atoms with Crippen molar-refractivity contribution in [3.05, 3.63) is 78.1 Å². The molecule has 1 heterocycles. The van der Waals surface area contributed by atoms with Gasteiger partial charge in [0, 0.05) is 25.5 Å². The zero-order valence-electron chi connectivity index (χ0n) is 16.0. The summed E-state index contributed by atoms with van der Waals surface area (Å²) in [7, 11) is 3.49. The van der Waals surface area contributed by atoms with Gasteiger partial charge in [0.1, 0.15) is 17.3 Å². The minimum absolute atomic E-state index is 0.000105. The maximum atomic E-state index is 12.6. The van der Waals surface area contributed by atoms with Crippen molar-refractivity contribution in [2.45, 2.75) is 25.8 Å². The van der Waals surface area contributed by atoms with Gasteiger partial charge in [-0.2, -0.15) is 0 Å². The van der Waals surface area contributed by atoms with Gasteiger partial charge in [0.2, 0.25) is 5.91 Å². The Bertz CT molecular complexity index is 868. The molecule has 4 heteroatoms. The van der Waals surface area contributed by atoms with Gasteiger partial charge in [-0.15, -0.1) is 0 Å². The molecule has 27 heavy (non-hydrogen) atoms. The summed E-state index contributed by atoms with van der Waals surface area (Å²) in [6.07, 6.45) is 1.00. The zero-order valence-corrected chi connectivity index (χ0v) is 16.0. The van der Waals surface area contributed by atoms with E-state index in [1.54, 1.807) is 12.0 Å². The minimum Gasteiger partial charge on any atom is -0.497 e. The van der Waals surface area contributed by atoms with Crippen LogP contribution in [0.2, 0.25) is 0 Å². The van der Waals surface area contributed by atoms with Crippen LogP contribution in [0.4, 0.5) is 0 Å². The van der Waals surface area contributed by atoms with Crippen molar-refractivity contribution in [3.63, 3.8) is 0 Å². The molecule has 1 atom stereocenters. The molecule has 3 aromatic rings. The Hall–Kier alpha value is -3.01. The summed E-state index contributed by atoms with van der Waals surface area (Å²) in [5.74, 6) is 2.56. The Balaban J connectivity index is 1.57. The number of hydrogen-bond acceptors (Lipinski definition) is 3. The summed E-state index contributed by atoms with van der Waals surface area (Å²) < 4.78 is 11.1. The smallest absolute Gasteiger partial charge is 0.223 e. The van der Waals surface area contributed by atoms with Crippen LogP contribution in [-0.2, 0) is 11.2 Å². The van der Waals surface area contributed by atoms with E-state index >= 15 is 0 Å². The van der Waals surface area contributed by atoms with E-state index in [4.69, 9.17) is 9.15 Å². The monoisotopic (exact) mass is 363 g/mol. The Morgan fingerprint density at radius 3 is 2.41 bits per heavy atom. The second-order valence-electron chi connectivity index (χ2n) is 6.59. The fourth-order valence-corrected chi connectivity index (χ4v) is 3.00. The molecule has 3 rings (SSSR count). The van der Waals surface area contributed by atoms with E-state index in [2.05, 4.69) is 0 Å². The highest BCUT2D eigenvalue weighted by Crippen LogP contribution is 2.24. The van der Waals surface area contributed by atoms with Gasteiger partial charge in [-0.25, -0.2) is 0 Å². The van der Waals surface area contributed by atoms with Crippen LogP contribution in [0.1, 0.15) is 30.7 Å². The predicted molar refractivity (Wildman–Crippen MR) is 107 cm³/mol. The second kappa shape index (κ2) is 8.58. The number of amides is 1. The van der Waals surface area contributed by atoms with Crippen molar-refractivity contribution >= 4 is 5.91 Å². The molecule has 2 aromatic carbocycles. The maximum Gasteiger partial charge on any atom is 0.223 e. The normalized spacial score (nSPS) is 11.8. The van der Waals surface area contributed by atoms with Crippen LogP contribution in [0.3, 0.4) is 0 Å². The summed E-state index contributed by atoms with van der Waals surface area (Å²) in [5.41, 5.74) is 2.12. The molecule has 0 aliphatic rings. The van der Waals surface area contributed by atoms with Crippen LogP contribution in [0.5, 0.6) is 5.75 Å². The summed E-state index contributed by atoms with van der Waals surface area (Å²) in [5, 5.41) is 0. The number of nitrogens with zero attached hydrogens (tertiary/aromatic N) is 1. The third kappa shape index (κ3) is 4.59. The molecule has 140 valence electrons. The first-order valence-corrected chi connectivity index (χ1v) is 9.12. The lowest BCUT2D eigenvalue weighted by atomic mass is 10.1. The van der Waals surface area contributed by atoms with Crippen LogP contribution in [0.25, 0.3) is 11.3 Å². The first-order chi connectivity index (χ1) is 13.1. The van der Waals surface area contributed by atoms with E-state index < -0.39 is 0 Å². The van der Waals surface area contributed by atoms with Crippen LogP contribution in [0.15, 0.2) is 71.1 Å². The molecule has 0 spiro atoms. The number of furan rings is 1. The fourth-order valence-electron chi connectivity index (χ4n) is 3.00. The summed E-state index contributed by atoms with van der Waals surface area (Å²) >= 11 is 0. The minimum atomic E-state index is -0.000105. The fraction of sp³-hybridized carbons (Fsp3) is 0.261. The average Bonchev–Trinajstić information content (AvgIpc) is 3.20. The van der Waals surface area contributed by atoms with Crippen LogP contribution >= 0.6 is 0 Å². The van der Waals surface area contributed by atoms with E-state index in [1.165, 1.54) is 0 Å². The number of aryl methyl sites for hydroxylation is 1. The molecule has 0 bridgehead atoms. The molecular formula is C23H25NO3. The highest BCUT2D eigenvalue weighted by Gasteiger charge is 2.18. The third-order valence-electron chi connectivity index (χ3n) is 4.88. The number of rotatable bonds is 7. The van der Waals surface area contributed by atoms with E-state index in [1.807, 2.05) is 80.7 Å². The lowest BCUT2D eigenvalue weighted by Gasteiger charge is -2.25. The Kier molecular flexibility index (Phi) is 5.97. The average molecular weight is 363 g/mol. The first kappa shape index (κ1) is 18.8. The topological polar surface area (TPSA) is 42.7 Å². The molecular weight excluding hydrogens is 338 g/mol. The SMILES string of the molecule is COc1ccc(C(C)N(C)C(=O)CCc2ccc(-c3ccccc3)o2)cc1. The van der Waals surface area contributed by atoms with Gasteiger partial charge in [0.15, 0.2) is 0 Å². The zero-order chi connectivity index (χ0) is 19.2. The molecule has 0 aliphatic heterocycles. The summed E-state index contributed by atoms with van der Waals surface area (Å²) in [6, 6.07) is 21.7. The van der Waals surface area contributed by atoms with Gasteiger partial charge in [0.05, 0.1) is 13.2 Å². The highest BCUT2D eigenvalue weighted by molar-refractivity contribution is 5.76.